The van der Waals surface area contributed by atoms with Crippen molar-refractivity contribution in [1.82, 2.24) is 9.55 Å². The molecule has 2 N–H and O–H groups in total. The Morgan fingerprint density at radius 2 is 1.55 bits per heavy atom. The molecule has 5 aromatic rings. The second kappa shape index (κ2) is 9.85. The number of H-pyrrole nitrogens is 1. The standard InChI is InChI=1S/C28H22ClN3O5S/c1-37-27-24(19-4-3-5-21(29)13-19)15-23(32-26(33)10-11-30-28(32)34)16-25(27)20-7-6-18-14-22(31-38(2,35)36)9-8-17(18)12-20/h3-16,31H,1-2H3,(H,30,34). The lowest BCUT2D eigenvalue weighted by Gasteiger charge is -2.18. The molecule has 8 nitrogen and oxygen atoms in total. The van der Waals surface area contributed by atoms with Gasteiger partial charge in [-0.15, -0.1) is 0 Å². The minimum absolute atomic E-state index is 0.357. The number of hydrogen-bond donors (Lipinski definition) is 2. The molecule has 38 heavy (non-hydrogen) atoms. The molecular weight excluding hydrogens is 526 g/mol. The monoisotopic (exact) mass is 547 g/mol. The molecule has 0 aliphatic carbocycles. The van der Waals surface area contributed by atoms with Gasteiger partial charge in [0.1, 0.15) is 5.75 Å². The van der Waals surface area contributed by atoms with Gasteiger partial charge in [0.25, 0.3) is 5.56 Å². The van der Waals surface area contributed by atoms with Gasteiger partial charge in [0, 0.05) is 34.1 Å². The van der Waals surface area contributed by atoms with Crippen molar-refractivity contribution in [3.63, 3.8) is 0 Å². The summed E-state index contributed by atoms with van der Waals surface area (Å²) in [5, 5.41) is 2.20. The molecule has 0 saturated carbocycles. The van der Waals surface area contributed by atoms with Gasteiger partial charge in [-0.05, 0) is 64.4 Å². The van der Waals surface area contributed by atoms with Gasteiger partial charge in [-0.3, -0.25) is 9.52 Å². The van der Waals surface area contributed by atoms with Gasteiger partial charge in [0.15, 0.2) is 0 Å². The first-order valence-electron chi connectivity index (χ1n) is 11.4. The second-order valence-corrected chi connectivity index (χ2v) is 10.9. The van der Waals surface area contributed by atoms with Crippen molar-refractivity contribution in [3.05, 3.63) is 111 Å². The number of anilines is 1. The zero-order valence-corrected chi connectivity index (χ0v) is 21.9. The summed E-state index contributed by atoms with van der Waals surface area (Å²) in [6.07, 6.45) is 2.40. The van der Waals surface area contributed by atoms with Crippen LogP contribution < -0.4 is 20.7 Å². The van der Waals surface area contributed by atoms with E-state index in [1.54, 1.807) is 43.5 Å². The number of nitrogens with one attached hydrogen (secondary N) is 2. The molecule has 0 atom stereocenters. The summed E-state index contributed by atoms with van der Waals surface area (Å²) in [6, 6.07) is 22.8. The molecule has 0 radical (unpaired) electrons. The zero-order valence-electron chi connectivity index (χ0n) is 20.4. The largest absolute Gasteiger partial charge is 0.495 e. The Hall–Kier alpha value is -4.34. The summed E-state index contributed by atoms with van der Waals surface area (Å²) >= 11 is 6.28. The van der Waals surface area contributed by atoms with Gasteiger partial charge in [-0.1, -0.05) is 41.9 Å². The van der Waals surface area contributed by atoms with Gasteiger partial charge in [-0.25, -0.2) is 17.8 Å². The molecule has 0 unspecified atom stereocenters. The summed E-state index contributed by atoms with van der Waals surface area (Å²) in [5.74, 6) is 0.533. The molecule has 0 aliphatic heterocycles. The Balaban J connectivity index is 1.76. The summed E-state index contributed by atoms with van der Waals surface area (Å²) in [7, 11) is -1.86. The Morgan fingerprint density at radius 1 is 0.868 bits per heavy atom. The fourth-order valence-corrected chi connectivity index (χ4v) is 5.15. The zero-order chi connectivity index (χ0) is 27.0. The molecule has 0 amide bonds. The van der Waals surface area contributed by atoms with E-state index in [2.05, 4.69) is 9.71 Å². The summed E-state index contributed by atoms with van der Waals surface area (Å²) in [5.41, 5.74) is 2.56. The molecule has 4 aromatic carbocycles. The van der Waals surface area contributed by atoms with Gasteiger partial charge < -0.3 is 9.72 Å². The number of methoxy groups -OCH3 is 1. The van der Waals surface area contributed by atoms with Gasteiger partial charge in [-0.2, -0.15) is 0 Å². The van der Waals surface area contributed by atoms with Crippen molar-refractivity contribution < 1.29 is 13.2 Å². The normalized spacial score (nSPS) is 11.4. The Bertz CT molecular complexity index is 1900. The quantitative estimate of drug-likeness (QED) is 0.309. The van der Waals surface area contributed by atoms with Crippen LogP contribution >= 0.6 is 11.6 Å². The van der Waals surface area contributed by atoms with Crippen molar-refractivity contribution in [3.8, 4) is 33.7 Å². The second-order valence-electron chi connectivity index (χ2n) is 8.69. The number of ether oxygens (including phenoxy) is 1. The van der Waals surface area contributed by atoms with Crippen molar-refractivity contribution in [1.29, 1.82) is 0 Å². The van der Waals surface area contributed by atoms with Crippen molar-refractivity contribution >= 4 is 38.1 Å². The fraction of sp³-hybridized carbons (Fsp3) is 0.0714. The maximum absolute atomic E-state index is 12.7. The molecule has 10 heteroatoms. The van der Waals surface area contributed by atoms with Gasteiger partial charge >= 0.3 is 5.69 Å². The van der Waals surface area contributed by atoms with E-state index in [9.17, 15) is 18.0 Å². The number of sulfonamides is 1. The highest BCUT2D eigenvalue weighted by atomic mass is 35.5. The van der Waals surface area contributed by atoms with Gasteiger partial charge in [0.05, 0.1) is 19.1 Å². The van der Waals surface area contributed by atoms with E-state index in [0.29, 0.717) is 33.3 Å². The fourth-order valence-electron chi connectivity index (χ4n) is 4.41. The third-order valence-corrected chi connectivity index (χ3v) is 6.82. The Kier molecular flexibility index (Phi) is 6.56. The molecule has 1 heterocycles. The van der Waals surface area contributed by atoms with Crippen LogP contribution in [0.2, 0.25) is 5.02 Å². The predicted octanol–water partition coefficient (Wildman–Crippen LogP) is 5.05. The first-order chi connectivity index (χ1) is 18.1. The molecule has 0 spiro atoms. The number of aromatic amines is 1. The van der Waals surface area contributed by atoms with E-state index in [1.165, 1.54) is 12.3 Å². The lowest BCUT2D eigenvalue weighted by molar-refractivity contribution is 0.418. The van der Waals surface area contributed by atoms with E-state index in [1.807, 2.05) is 36.4 Å². The van der Waals surface area contributed by atoms with Crippen molar-refractivity contribution in [2.45, 2.75) is 0 Å². The number of aromatic nitrogens is 2. The van der Waals surface area contributed by atoms with E-state index in [-0.39, 0.29) is 0 Å². The highest BCUT2D eigenvalue weighted by Crippen LogP contribution is 2.42. The van der Waals surface area contributed by atoms with Crippen molar-refractivity contribution in [2.75, 3.05) is 18.1 Å². The van der Waals surface area contributed by atoms with E-state index in [4.69, 9.17) is 16.3 Å². The first kappa shape index (κ1) is 25.3. The SMILES string of the molecule is COc1c(-c2cccc(Cl)c2)cc(-n2c(=O)cc[nH]c2=O)cc1-c1ccc2cc(NS(C)(=O)=O)ccc2c1. The Labute approximate surface area is 223 Å². The molecule has 0 aliphatic rings. The van der Waals surface area contributed by atoms with E-state index < -0.39 is 21.3 Å². The van der Waals surface area contributed by atoms with Crippen LogP contribution in [0.3, 0.4) is 0 Å². The average molecular weight is 548 g/mol. The lowest BCUT2D eigenvalue weighted by atomic mass is 9.94. The molecule has 0 fully saturated rings. The van der Waals surface area contributed by atoms with Crippen LogP contribution in [-0.2, 0) is 10.0 Å². The van der Waals surface area contributed by atoms with E-state index in [0.717, 1.165) is 32.7 Å². The topological polar surface area (TPSA) is 110 Å². The van der Waals surface area contributed by atoms with Crippen molar-refractivity contribution in [2.24, 2.45) is 0 Å². The molecule has 0 bridgehead atoms. The number of halogens is 1. The molecule has 0 saturated heterocycles. The summed E-state index contributed by atoms with van der Waals surface area (Å²) in [6.45, 7) is 0. The maximum atomic E-state index is 12.7. The number of benzene rings is 4. The Morgan fingerprint density at radius 3 is 2.21 bits per heavy atom. The van der Waals surface area contributed by atoms with Crippen LogP contribution in [0.1, 0.15) is 0 Å². The van der Waals surface area contributed by atoms with Crippen LogP contribution in [0.25, 0.3) is 38.7 Å². The maximum Gasteiger partial charge on any atom is 0.332 e. The summed E-state index contributed by atoms with van der Waals surface area (Å²) < 4.78 is 32.7. The highest BCUT2D eigenvalue weighted by Gasteiger charge is 2.18. The number of nitrogens with zero attached hydrogens (tertiary/aromatic N) is 1. The minimum Gasteiger partial charge on any atom is -0.495 e. The highest BCUT2D eigenvalue weighted by molar-refractivity contribution is 7.92. The molecule has 192 valence electrons. The van der Waals surface area contributed by atoms with Crippen LogP contribution in [-0.4, -0.2) is 31.3 Å². The third-order valence-electron chi connectivity index (χ3n) is 5.98. The van der Waals surface area contributed by atoms with Crippen LogP contribution in [0, 0.1) is 0 Å². The first-order valence-corrected chi connectivity index (χ1v) is 13.7. The van der Waals surface area contributed by atoms with Crippen LogP contribution in [0.5, 0.6) is 5.75 Å². The molecule has 1 aromatic heterocycles. The number of hydrogen-bond acceptors (Lipinski definition) is 5. The number of rotatable bonds is 6. The molecule has 5 rings (SSSR count). The smallest absolute Gasteiger partial charge is 0.332 e. The van der Waals surface area contributed by atoms with E-state index >= 15 is 0 Å². The van der Waals surface area contributed by atoms with Crippen LogP contribution in [0.4, 0.5) is 5.69 Å². The van der Waals surface area contributed by atoms with Crippen LogP contribution in [0.15, 0.2) is 94.6 Å². The third kappa shape index (κ3) is 5.06. The minimum atomic E-state index is -3.41. The summed E-state index contributed by atoms with van der Waals surface area (Å²) in [4.78, 5) is 27.9. The lowest BCUT2D eigenvalue weighted by Crippen LogP contribution is -2.32. The predicted molar refractivity (Wildman–Crippen MR) is 151 cm³/mol. The number of fused-ring (bicyclic) bond motifs is 1. The van der Waals surface area contributed by atoms with Gasteiger partial charge in [0.2, 0.25) is 10.0 Å². The molecular formula is C28H22ClN3O5S. The average Bonchev–Trinajstić information content (AvgIpc) is 2.87.